The number of hydrogen-bond donors (Lipinski definition) is 2. The SMILES string of the molecule is Clc1cccc(-c2cnc(CNC3CCCC3)[nH]2)c1. The molecule has 3 rings (SSSR count). The van der Waals surface area contributed by atoms with Crippen molar-refractivity contribution in [2.75, 3.05) is 0 Å². The second kappa shape index (κ2) is 5.76. The van der Waals surface area contributed by atoms with E-state index in [0.29, 0.717) is 6.04 Å². The fourth-order valence-electron chi connectivity index (χ4n) is 2.63. The van der Waals surface area contributed by atoms with Crippen molar-refractivity contribution in [2.24, 2.45) is 0 Å². The highest BCUT2D eigenvalue weighted by molar-refractivity contribution is 6.30. The number of rotatable bonds is 4. The molecule has 0 aliphatic heterocycles. The third-order valence-corrected chi connectivity index (χ3v) is 3.91. The van der Waals surface area contributed by atoms with Crippen LogP contribution in [0.15, 0.2) is 30.5 Å². The molecule has 1 aliphatic carbocycles. The number of hydrogen-bond acceptors (Lipinski definition) is 2. The normalized spacial score (nSPS) is 16.1. The fraction of sp³-hybridized carbons (Fsp3) is 0.400. The van der Waals surface area contributed by atoms with Crippen molar-refractivity contribution < 1.29 is 0 Å². The summed E-state index contributed by atoms with van der Waals surface area (Å²) in [6, 6.07) is 8.48. The van der Waals surface area contributed by atoms with Crippen LogP contribution in [0.2, 0.25) is 5.02 Å². The molecule has 3 nitrogen and oxygen atoms in total. The van der Waals surface area contributed by atoms with E-state index in [4.69, 9.17) is 11.6 Å². The maximum atomic E-state index is 6.00. The van der Waals surface area contributed by atoms with Crippen molar-refractivity contribution >= 4 is 11.6 Å². The molecule has 1 aromatic heterocycles. The van der Waals surface area contributed by atoms with E-state index in [2.05, 4.69) is 15.3 Å². The Morgan fingerprint density at radius 3 is 2.95 bits per heavy atom. The van der Waals surface area contributed by atoms with Gasteiger partial charge in [0.1, 0.15) is 5.82 Å². The van der Waals surface area contributed by atoms with Gasteiger partial charge in [-0.3, -0.25) is 0 Å². The Hall–Kier alpha value is -1.32. The third-order valence-electron chi connectivity index (χ3n) is 3.68. The average Bonchev–Trinajstić information content (AvgIpc) is 3.08. The van der Waals surface area contributed by atoms with E-state index in [0.717, 1.165) is 28.6 Å². The summed E-state index contributed by atoms with van der Waals surface area (Å²) in [5.41, 5.74) is 2.10. The lowest BCUT2D eigenvalue weighted by Gasteiger charge is -2.09. The van der Waals surface area contributed by atoms with Crippen molar-refractivity contribution in [3.8, 4) is 11.3 Å². The minimum absolute atomic E-state index is 0.666. The Bertz CT molecular complexity index is 544. The average molecular weight is 276 g/mol. The molecule has 100 valence electrons. The molecular formula is C15H18ClN3. The highest BCUT2D eigenvalue weighted by Crippen LogP contribution is 2.21. The smallest absolute Gasteiger partial charge is 0.120 e. The van der Waals surface area contributed by atoms with Crippen LogP contribution in [-0.4, -0.2) is 16.0 Å². The van der Waals surface area contributed by atoms with Gasteiger partial charge in [-0.1, -0.05) is 36.6 Å². The number of halogens is 1. The molecule has 0 bridgehead atoms. The zero-order chi connectivity index (χ0) is 13.1. The van der Waals surface area contributed by atoms with E-state index in [-0.39, 0.29) is 0 Å². The van der Waals surface area contributed by atoms with Gasteiger partial charge in [-0.25, -0.2) is 4.98 Å². The van der Waals surface area contributed by atoms with Crippen molar-refractivity contribution in [1.82, 2.24) is 15.3 Å². The molecule has 1 aliphatic rings. The van der Waals surface area contributed by atoms with Crippen LogP contribution in [0.25, 0.3) is 11.3 Å². The molecule has 2 N–H and O–H groups in total. The van der Waals surface area contributed by atoms with Gasteiger partial charge in [0.2, 0.25) is 0 Å². The van der Waals surface area contributed by atoms with Crippen LogP contribution >= 0.6 is 11.6 Å². The first-order valence-electron chi connectivity index (χ1n) is 6.84. The highest BCUT2D eigenvalue weighted by atomic mass is 35.5. The molecule has 0 atom stereocenters. The molecule has 0 spiro atoms. The maximum absolute atomic E-state index is 6.00. The summed E-state index contributed by atoms with van der Waals surface area (Å²) in [7, 11) is 0. The number of benzene rings is 1. The summed E-state index contributed by atoms with van der Waals surface area (Å²) in [6.45, 7) is 0.811. The van der Waals surface area contributed by atoms with Gasteiger partial charge in [0.15, 0.2) is 0 Å². The van der Waals surface area contributed by atoms with E-state index < -0.39 is 0 Å². The molecule has 1 aromatic carbocycles. The first-order chi connectivity index (χ1) is 9.31. The summed E-state index contributed by atoms with van der Waals surface area (Å²) >= 11 is 6.00. The second-order valence-corrected chi connectivity index (χ2v) is 5.55. The zero-order valence-electron chi connectivity index (χ0n) is 10.8. The van der Waals surface area contributed by atoms with Crippen molar-refractivity contribution in [3.05, 3.63) is 41.3 Å². The van der Waals surface area contributed by atoms with E-state index in [1.54, 1.807) is 0 Å². The van der Waals surface area contributed by atoms with Crippen LogP contribution in [0.1, 0.15) is 31.5 Å². The quantitative estimate of drug-likeness (QED) is 0.892. The van der Waals surface area contributed by atoms with Gasteiger partial charge in [-0.15, -0.1) is 0 Å². The van der Waals surface area contributed by atoms with Gasteiger partial charge in [0.05, 0.1) is 18.4 Å². The first-order valence-corrected chi connectivity index (χ1v) is 7.22. The fourth-order valence-corrected chi connectivity index (χ4v) is 2.82. The monoisotopic (exact) mass is 275 g/mol. The Morgan fingerprint density at radius 2 is 2.16 bits per heavy atom. The molecule has 0 saturated heterocycles. The van der Waals surface area contributed by atoms with E-state index in [1.165, 1.54) is 25.7 Å². The molecule has 0 radical (unpaired) electrons. The van der Waals surface area contributed by atoms with Gasteiger partial charge in [0.25, 0.3) is 0 Å². The zero-order valence-corrected chi connectivity index (χ0v) is 11.6. The third kappa shape index (κ3) is 3.17. The molecule has 4 heteroatoms. The van der Waals surface area contributed by atoms with Gasteiger partial charge in [-0.05, 0) is 25.0 Å². The lowest BCUT2D eigenvalue weighted by Crippen LogP contribution is -2.25. The lowest BCUT2D eigenvalue weighted by molar-refractivity contribution is 0.515. The number of nitrogens with one attached hydrogen (secondary N) is 2. The molecule has 19 heavy (non-hydrogen) atoms. The predicted octanol–water partition coefficient (Wildman–Crippen LogP) is 3.76. The Kier molecular flexibility index (Phi) is 3.85. The molecule has 1 heterocycles. The van der Waals surface area contributed by atoms with Crippen LogP contribution in [0.3, 0.4) is 0 Å². The Morgan fingerprint density at radius 1 is 1.32 bits per heavy atom. The van der Waals surface area contributed by atoms with Gasteiger partial charge >= 0.3 is 0 Å². The summed E-state index contributed by atoms with van der Waals surface area (Å²) in [5, 5.41) is 4.30. The number of imidazole rings is 1. The topological polar surface area (TPSA) is 40.7 Å². The maximum Gasteiger partial charge on any atom is 0.120 e. The molecule has 0 unspecified atom stereocenters. The van der Waals surface area contributed by atoms with Crippen LogP contribution in [-0.2, 0) is 6.54 Å². The van der Waals surface area contributed by atoms with Crippen molar-refractivity contribution in [2.45, 2.75) is 38.3 Å². The number of H-pyrrole nitrogens is 1. The van der Waals surface area contributed by atoms with Crippen LogP contribution in [0, 0.1) is 0 Å². The number of aromatic nitrogens is 2. The van der Waals surface area contributed by atoms with Crippen LogP contribution in [0.5, 0.6) is 0 Å². The Labute approximate surface area is 118 Å². The summed E-state index contributed by atoms with van der Waals surface area (Å²) in [6.07, 6.45) is 7.16. The minimum Gasteiger partial charge on any atom is -0.341 e. The van der Waals surface area contributed by atoms with Gasteiger partial charge < -0.3 is 10.3 Å². The van der Waals surface area contributed by atoms with Crippen molar-refractivity contribution in [1.29, 1.82) is 0 Å². The largest absolute Gasteiger partial charge is 0.341 e. The second-order valence-electron chi connectivity index (χ2n) is 5.12. The van der Waals surface area contributed by atoms with E-state index in [1.807, 2.05) is 30.5 Å². The lowest BCUT2D eigenvalue weighted by atomic mass is 10.2. The molecule has 1 fully saturated rings. The van der Waals surface area contributed by atoms with E-state index in [9.17, 15) is 0 Å². The van der Waals surface area contributed by atoms with Crippen LogP contribution < -0.4 is 5.32 Å². The van der Waals surface area contributed by atoms with Crippen molar-refractivity contribution in [3.63, 3.8) is 0 Å². The first kappa shape index (κ1) is 12.7. The molecule has 1 saturated carbocycles. The van der Waals surface area contributed by atoms with Gasteiger partial charge in [0, 0.05) is 16.6 Å². The molecule has 2 aromatic rings. The molecule has 0 amide bonds. The van der Waals surface area contributed by atoms with Gasteiger partial charge in [-0.2, -0.15) is 0 Å². The van der Waals surface area contributed by atoms with Crippen LogP contribution in [0.4, 0.5) is 0 Å². The summed E-state index contributed by atoms with van der Waals surface area (Å²) in [4.78, 5) is 7.77. The molecular weight excluding hydrogens is 258 g/mol. The summed E-state index contributed by atoms with van der Waals surface area (Å²) < 4.78 is 0. The predicted molar refractivity (Wildman–Crippen MR) is 78.1 cm³/mol. The number of nitrogens with zero attached hydrogens (tertiary/aromatic N) is 1. The Balaban J connectivity index is 1.65. The standard InChI is InChI=1S/C15H18ClN3/c16-12-5-3-4-11(8-12)14-9-18-15(19-14)10-17-13-6-1-2-7-13/h3-5,8-9,13,17H,1-2,6-7,10H2,(H,18,19). The summed E-state index contributed by atoms with van der Waals surface area (Å²) in [5.74, 6) is 0.988. The highest BCUT2D eigenvalue weighted by Gasteiger charge is 2.14. The number of aromatic amines is 1. The van der Waals surface area contributed by atoms with E-state index >= 15 is 0 Å². The minimum atomic E-state index is 0.666.